The first-order valence-electron chi connectivity index (χ1n) is 8.34. The average molecular weight is 321 g/mol. The smallest absolute Gasteiger partial charge is 0.338 e. The van der Waals surface area contributed by atoms with Gasteiger partial charge in [0, 0.05) is 12.6 Å². The van der Waals surface area contributed by atoms with Crippen LogP contribution in [0.2, 0.25) is 0 Å². The highest BCUT2D eigenvalue weighted by Crippen LogP contribution is 2.26. The summed E-state index contributed by atoms with van der Waals surface area (Å²) in [7, 11) is 2.13. The molecule has 2 aromatic rings. The molecule has 1 atom stereocenters. The molecule has 0 spiro atoms. The largest absolute Gasteiger partial charge is 0.457 e. The van der Waals surface area contributed by atoms with Gasteiger partial charge in [-0.05, 0) is 49.2 Å². The van der Waals surface area contributed by atoms with E-state index in [9.17, 15) is 4.79 Å². The van der Waals surface area contributed by atoms with Gasteiger partial charge in [0.1, 0.15) is 6.61 Å². The number of benzene rings is 2. The van der Waals surface area contributed by atoms with Gasteiger partial charge < -0.3 is 4.74 Å². The van der Waals surface area contributed by atoms with E-state index in [1.807, 2.05) is 48.5 Å². The van der Waals surface area contributed by atoms with Crippen LogP contribution in [-0.4, -0.2) is 30.5 Å². The van der Waals surface area contributed by atoms with E-state index < -0.39 is 0 Å². The second-order valence-corrected chi connectivity index (χ2v) is 6.36. The van der Waals surface area contributed by atoms with Crippen LogP contribution in [-0.2, 0) is 11.3 Å². The van der Waals surface area contributed by atoms with Crippen LogP contribution >= 0.6 is 0 Å². The van der Waals surface area contributed by atoms with Crippen molar-refractivity contribution in [2.24, 2.45) is 0 Å². The minimum Gasteiger partial charge on any atom is -0.457 e. The van der Waals surface area contributed by atoms with Crippen LogP contribution in [0.15, 0.2) is 60.7 Å². The zero-order valence-electron chi connectivity index (χ0n) is 14.2. The average Bonchev–Trinajstić information content (AvgIpc) is 2.63. The number of esters is 1. The van der Waals surface area contributed by atoms with Gasteiger partial charge in [0.2, 0.25) is 0 Å². The Morgan fingerprint density at radius 3 is 2.71 bits per heavy atom. The fourth-order valence-corrected chi connectivity index (χ4v) is 2.88. The molecule has 0 amide bonds. The maximum absolute atomic E-state index is 12.3. The highest BCUT2D eigenvalue weighted by atomic mass is 16.5. The first kappa shape index (κ1) is 16.5. The maximum atomic E-state index is 12.3. The van der Waals surface area contributed by atoms with Crippen molar-refractivity contribution < 1.29 is 9.53 Å². The zero-order chi connectivity index (χ0) is 16.9. The van der Waals surface area contributed by atoms with Crippen LogP contribution < -0.4 is 0 Å². The summed E-state index contributed by atoms with van der Waals surface area (Å²) in [6.07, 6.45) is 3.24. The Bertz CT molecular complexity index is 737. The lowest BCUT2D eigenvalue weighted by Crippen LogP contribution is -2.32. The lowest BCUT2D eigenvalue weighted by molar-refractivity contribution is 0.0472. The Morgan fingerprint density at radius 2 is 1.96 bits per heavy atom. The Balaban J connectivity index is 1.70. The van der Waals surface area contributed by atoms with Crippen LogP contribution in [0.1, 0.15) is 34.8 Å². The first-order chi connectivity index (χ1) is 11.6. The number of ether oxygens (including phenoxy) is 1. The van der Waals surface area contributed by atoms with E-state index in [0.717, 1.165) is 24.1 Å². The summed E-state index contributed by atoms with van der Waals surface area (Å²) in [4.78, 5) is 14.6. The Morgan fingerprint density at radius 1 is 1.17 bits per heavy atom. The van der Waals surface area contributed by atoms with Crippen LogP contribution in [0.3, 0.4) is 0 Å². The van der Waals surface area contributed by atoms with Crippen LogP contribution in [0.4, 0.5) is 0 Å². The zero-order valence-corrected chi connectivity index (χ0v) is 14.2. The molecular formula is C21H23NO2. The number of hydrogen-bond acceptors (Lipinski definition) is 3. The number of hydrogen-bond donors (Lipinski definition) is 0. The van der Waals surface area contributed by atoms with Gasteiger partial charge >= 0.3 is 5.97 Å². The van der Waals surface area contributed by atoms with Crippen molar-refractivity contribution in [3.63, 3.8) is 0 Å². The molecule has 0 saturated heterocycles. The molecule has 0 saturated carbocycles. The predicted octanol–water partition coefficient (Wildman–Crippen LogP) is 4.15. The van der Waals surface area contributed by atoms with Gasteiger partial charge in [0.25, 0.3) is 0 Å². The van der Waals surface area contributed by atoms with E-state index in [1.165, 1.54) is 5.57 Å². The summed E-state index contributed by atoms with van der Waals surface area (Å²) in [6, 6.07) is 18.0. The summed E-state index contributed by atoms with van der Waals surface area (Å²) in [5.74, 6) is -0.276. The molecule has 0 fully saturated rings. The van der Waals surface area contributed by atoms with Crippen molar-refractivity contribution >= 4 is 11.5 Å². The van der Waals surface area contributed by atoms with E-state index in [0.29, 0.717) is 18.2 Å². The summed E-state index contributed by atoms with van der Waals surface area (Å²) in [5.41, 5.74) is 4.02. The van der Waals surface area contributed by atoms with Crippen molar-refractivity contribution in [3.8, 4) is 0 Å². The van der Waals surface area contributed by atoms with E-state index >= 15 is 0 Å². The van der Waals surface area contributed by atoms with E-state index in [-0.39, 0.29) is 5.97 Å². The fourth-order valence-electron chi connectivity index (χ4n) is 2.88. The van der Waals surface area contributed by atoms with Crippen LogP contribution in [0.25, 0.3) is 5.57 Å². The number of rotatable bonds is 4. The Labute approximate surface area is 143 Å². The summed E-state index contributed by atoms with van der Waals surface area (Å²) < 4.78 is 5.43. The van der Waals surface area contributed by atoms with E-state index in [4.69, 9.17) is 4.74 Å². The molecular weight excluding hydrogens is 298 g/mol. The molecule has 24 heavy (non-hydrogen) atoms. The van der Waals surface area contributed by atoms with Crippen molar-refractivity contribution in [2.45, 2.75) is 26.0 Å². The minimum absolute atomic E-state index is 0.276. The highest BCUT2D eigenvalue weighted by Gasteiger charge is 2.18. The van der Waals surface area contributed by atoms with Crippen molar-refractivity contribution in [1.82, 2.24) is 4.90 Å². The summed E-state index contributed by atoms with van der Waals surface area (Å²) in [5, 5.41) is 0. The molecule has 1 unspecified atom stereocenters. The SMILES string of the molecule is CC1CC(c2cccc(C(=O)OCc3ccccc3)c2)=CCN1C. The maximum Gasteiger partial charge on any atom is 0.338 e. The van der Waals surface area contributed by atoms with Gasteiger partial charge in [0.05, 0.1) is 5.56 Å². The van der Waals surface area contributed by atoms with Gasteiger partial charge in [-0.25, -0.2) is 4.79 Å². The fraction of sp³-hybridized carbons (Fsp3) is 0.286. The molecule has 1 aliphatic rings. The van der Waals surface area contributed by atoms with Crippen LogP contribution in [0, 0.1) is 0 Å². The third-order valence-electron chi connectivity index (χ3n) is 4.58. The Kier molecular flexibility index (Phi) is 5.11. The molecule has 124 valence electrons. The van der Waals surface area contributed by atoms with Gasteiger partial charge in [0.15, 0.2) is 0 Å². The monoisotopic (exact) mass is 321 g/mol. The molecule has 3 rings (SSSR count). The quantitative estimate of drug-likeness (QED) is 0.792. The van der Waals surface area contributed by atoms with Gasteiger partial charge in [-0.15, -0.1) is 0 Å². The second-order valence-electron chi connectivity index (χ2n) is 6.36. The van der Waals surface area contributed by atoms with Crippen molar-refractivity contribution in [2.75, 3.05) is 13.6 Å². The molecule has 2 aromatic carbocycles. The number of carbonyl (C=O) groups excluding carboxylic acids is 1. The van der Waals surface area contributed by atoms with Gasteiger partial charge in [-0.2, -0.15) is 0 Å². The number of nitrogens with zero attached hydrogens (tertiary/aromatic N) is 1. The van der Waals surface area contributed by atoms with Crippen LogP contribution in [0.5, 0.6) is 0 Å². The van der Waals surface area contributed by atoms with Gasteiger partial charge in [-0.1, -0.05) is 48.5 Å². The summed E-state index contributed by atoms with van der Waals surface area (Å²) in [6.45, 7) is 3.47. The van der Waals surface area contributed by atoms with Gasteiger partial charge in [-0.3, -0.25) is 4.90 Å². The lowest BCUT2D eigenvalue weighted by atomic mass is 9.94. The van der Waals surface area contributed by atoms with E-state index in [1.54, 1.807) is 0 Å². The third-order valence-corrected chi connectivity index (χ3v) is 4.58. The molecule has 1 aliphatic heterocycles. The predicted molar refractivity (Wildman–Crippen MR) is 96.7 cm³/mol. The molecule has 0 radical (unpaired) electrons. The molecule has 1 heterocycles. The minimum atomic E-state index is -0.276. The summed E-state index contributed by atoms with van der Waals surface area (Å²) >= 11 is 0. The normalized spacial score (nSPS) is 18.1. The molecule has 0 N–H and O–H groups in total. The van der Waals surface area contributed by atoms with E-state index in [2.05, 4.69) is 31.0 Å². The highest BCUT2D eigenvalue weighted by molar-refractivity contribution is 5.90. The second kappa shape index (κ2) is 7.45. The number of likely N-dealkylation sites (N-methyl/N-ethyl adjacent to an activating group) is 1. The topological polar surface area (TPSA) is 29.5 Å². The molecule has 0 bridgehead atoms. The molecule has 0 aromatic heterocycles. The Hall–Kier alpha value is -2.39. The molecule has 3 nitrogen and oxygen atoms in total. The van der Waals surface area contributed by atoms with Crippen molar-refractivity contribution in [3.05, 3.63) is 77.4 Å². The molecule has 0 aliphatic carbocycles. The number of carbonyl (C=O) groups is 1. The third kappa shape index (κ3) is 3.92. The lowest BCUT2D eigenvalue weighted by Gasteiger charge is -2.29. The first-order valence-corrected chi connectivity index (χ1v) is 8.34. The van der Waals surface area contributed by atoms with Crippen molar-refractivity contribution in [1.29, 1.82) is 0 Å². The molecule has 3 heteroatoms. The standard InChI is InChI=1S/C21H23NO2/c1-16-13-19(11-12-22(16)2)18-9-6-10-20(14-18)21(23)24-15-17-7-4-3-5-8-17/h3-11,14,16H,12-13,15H2,1-2H3.